The lowest BCUT2D eigenvalue weighted by atomic mass is 10.1. The molecule has 0 radical (unpaired) electrons. The highest BCUT2D eigenvalue weighted by atomic mass is 32.2. The molecule has 2 aromatic heterocycles. The highest BCUT2D eigenvalue weighted by Crippen LogP contribution is 2.44. The monoisotopic (exact) mass is 410 g/mol. The van der Waals surface area contributed by atoms with Gasteiger partial charge in [-0.2, -0.15) is 0 Å². The molecule has 0 aliphatic carbocycles. The number of hydrogen-bond donors (Lipinski definition) is 2. The molecule has 0 amide bonds. The third-order valence-electron chi connectivity index (χ3n) is 4.89. The number of fused-ring (bicyclic) bond motifs is 2. The van der Waals surface area contributed by atoms with Crippen molar-refractivity contribution in [1.82, 2.24) is 9.97 Å². The maximum absolute atomic E-state index is 11.4. The molecule has 2 unspecified atom stereocenters. The minimum Gasteiger partial charge on any atom is -0.361 e. The molecule has 29 heavy (non-hydrogen) atoms. The molecule has 0 spiro atoms. The lowest BCUT2D eigenvalue weighted by Crippen LogP contribution is -2.15. The van der Waals surface area contributed by atoms with Gasteiger partial charge in [0.2, 0.25) is 13.1 Å². The lowest BCUT2D eigenvalue weighted by molar-refractivity contribution is -0.481. The van der Waals surface area contributed by atoms with E-state index in [1.165, 1.54) is 11.8 Å². The Hall–Kier alpha value is -3.33. The second-order valence-corrected chi connectivity index (χ2v) is 8.13. The maximum Gasteiger partial charge on any atom is 0.219 e. The Balaban J connectivity index is 1.74. The van der Waals surface area contributed by atoms with E-state index in [9.17, 15) is 20.2 Å². The number of para-hydroxylation sites is 2. The van der Waals surface area contributed by atoms with Crippen LogP contribution in [0.5, 0.6) is 0 Å². The van der Waals surface area contributed by atoms with Crippen molar-refractivity contribution in [3.05, 3.63) is 92.3 Å². The van der Waals surface area contributed by atoms with Gasteiger partial charge in [0.1, 0.15) is 0 Å². The van der Waals surface area contributed by atoms with Gasteiger partial charge >= 0.3 is 0 Å². The Labute approximate surface area is 169 Å². The largest absolute Gasteiger partial charge is 0.361 e. The number of benzene rings is 2. The van der Waals surface area contributed by atoms with Gasteiger partial charge in [-0.15, -0.1) is 11.8 Å². The van der Waals surface area contributed by atoms with E-state index in [1.54, 1.807) is 12.4 Å². The van der Waals surface area contributed by atoms with E-state index in [2.05, 4.69) is 9.97 Å². The van der Waals surface area contributed by atoms with Crippen LogP contribution in [0.2, 0.25) is 0 Å². The molecule has 0 bridgehead atoms. The number of nitrogens with zero attached hydrogens (tertiary/aromatic N) is 2. The number of hydrogen-bond acceptors (Lipinski definition) is 5. The summed E-state index contributed by atoms with van der Waals surface area (Å²) in [6.07, 6.45) is 3.54. The maximum atomic E-state index is 11.4. The van der Waals surface area contributed by atoms with Gasteiger partial charge in [0.05, 0.1) is 10.5 Å². The fourth-order valence-corrected chi connectivity index (χ4v) is 5.11. The smallest absolute Gasteiger partial charge is 0.219 e. The highest BCUT2D eigenvalue weighted by Gasteiger charge is 2.30. The Morgan fingerprint density at radius 3 is 1.59 bits per heavy atom. The Bertz CT molecular complexity index is 1090. The van der Waals surface area contributed by atoms with Gasteiger partial charge in [-0.25, -0.2) is 0 Å². The van der Waals surface area contributed by atoms with E-state index >= 15 is 0 Å². The van der Waals surface area contributed by atoms with Crippen LogP contribution in [0.25, 0.3) is 21.8 Å². The normalized spacial score (nSPS) is 13.5. The van der Waals surface area contributed by atoms with Gasteiger partial charge in [0, 0.05) is 44.0 Å². The molecule has 2 heterocycles. The van der Waals surface area contributed by atoms with Crippen LogP contribution in [-0.2, 0) is 0 Å². The van der Waals surface area contributed by atoms with Gasteiger partial charge in [-0.05, 0) is 23.3 Å². The topological polar surface area (TPSA) is 118 Å². The summed E-state index contributed by atoms with van der Waals surface area (Å²) in [6.45, 7) is -0.633. The molecule has 0 saturated heterocycles. The van der Waals surface area contributed by atoms with Crippen LogP contribution < -0.4 is 0 Å². The van der Waals surface area contributed by atoms with Crippen molar-refractivity contribution in [2.45, 2.75) is 10.5 Å². The van der Waals surface area contributed by atoms with E-state index in [1.807, 2.05) is 48.5 Å². The third-order valence-corrected chi connectivity index (χ3v) is 6.36. The fourth-order valence-electron chi connectivity index (χ4n) is 3.62. The molecule has 0 aliphatic rings. The van der Waals surface area contributed by atoms with E-state index in [0.29, 0.717) is 0 Å². The van der Waals surface area contributed by atoms with Gasteiger partial charge in [-0.1, -0.05) is 36.4 Å². The molecule has 8 nitrogen and oxygen atoms in total. The molecule has 0 fully saturated rings. The quantitative estimate of drug-likeness (QED) is 0.322. The molecule has 4 rings (SSSR count). The van der Waals surface area contributed by atoms with Crippen molar-refractivity contribution in [3.8, 4) is 0 Å². The second-order valence-electron chi connectivity index (χ2n) is 6.72. The van der Waals surface area contributed by atoms with Crippen molar-refractivity contribution in [2.75, 3.05) is 13.1 Å². The first-order chi connectivity index (χ1) is 14.0. The summed E-state index contributed by atoms with van der Waals surface area (Å²) in [5.41, 5.74) is 3.34. The molecule has 9 heteroatoms. The average molecular weight is 410 g/mol. The van der Waals surface area contributed by atoms with Gasteiger partial charge in [-0.3, -0.25) is 20.2 Å². The summed E-state index contributed by atoms with van der Waals surface area (Å²) in [5, 5.41) is 23.5. The predicted octanol–water partition coefficient (Wildman–Crippen LogP) is 4.72. The number of rotatable bonds is 8. The predicted molar refractivity (Wildman–Crippen MR) is 113 cm³/mol. The lowest BCUT2D eigenvalue weighted by Gasteiger charge is -2.18. The Morgan fingerprint density at radius 2 is 1.17 bits per heavy atom. The second kappa shape index (κ2) is 7.96. The zero-order chi connectivity index (χ0) is 20.4. The van der Waals surface area contributed by atoms with E-state index < -0.39 is 10.5 Å². The third kappa shape index (κ3) is 3.95. The fraction of sp³-hybridized carbons (Fsp3) is 0.200. The van der Waals surface area contributed by atoms with Crippen molar-refractivity contribution in [3.63, 3.8) is 0 Å². The van der Waals surface area contributed by atoms with Gasteiger partial charge in [0.15, 0.2) is 0 Å². The van der Waals surface area contributed by atoms with Crippen LogP contribution in [0.3, 0.4) is 0 Å². The zero-order valence-corrected chi connectivity index (χ0v) is 16.1. The van der Waals surface area contributed by atoms with Crippen molar-refractivity contribution < 1.29 is 9.85 Å². The highest BCUT2D eigenvalue weighted by molar-refractivity contribution is 7.99. The minimum absolute atomic E-state index is 0.316. The SMILES string of the molecule is O=[N+]([O-])CC(SC(C[N+](=O)[O-])c1c[nH]c2ccccc12)c1c[nH]c2ccccc12. The molecule has 4 aromatic rings. The molecule has 148 valence electrons. The Kier molecular flexibility index (Phi) is 5.22. The van der Waals surface area contributed by atoms with Gasteiger partial charge < -0.3 is 9.97 Å². The summed E-state index contributed by atoms with van der Waals surface area (Å²) >= 11 is 1.27. The van der Waals surface area contributed by atoms with Crippen LogP contribution >= 0.6 is 11.8 Å². The van der Waals surface area contributed by atoms with E-state index in [-0.39, 0.29) is 22.9 Å². The van der Waals surface area contributed by atoms with Crippen molar-refractivity contribution in [1.29, 1.82) is 0 Å². The molecular formula is C20H18N4O4S. The summed E-state index contributed by atoms with van der Waals surface area (Å²) in [7, 11) is 0. The number of nitro groups is 2. The minimum atomic E-state index is -0.528. The van der Waals surface area contributed by atoms with E-state index in [0.717, 1.165) is 32.9 Å². The summed E-state index contributed by atoms with van der Waals surface area (Å²) in [4.78, 5) is 28.3. The number of nitrogens with one attached hydrogen (secondary N) is 2. The number of thioether (sulfide) groups is 1. The molecule has 0 saturated carbocycles. The van der Waals surface area contributed by atoms with Crippen molar-refractivity contribution in [2.24, 2.45) is 0 Å². The zero-order valence-electron chi connectivity index (χ0n) is 15.3. The van der Waals surface area contributed by atoms with Crippen molar-refractivity contribution >= 4 is 33.6 Å². The number of H-pyrrole nitrogens is 2. The van der Waals surface area contributed by atoms with Crippen LogP contribution in [0.15, 0.2) is 60.9 Å². The summed E-state index contributed by atoms with van der Waals surface area (Å²) < 4.78 is 0. The van der Waals surface area contributed by atoms with Crippen LogP contribution in [0.4, 0.5) is 0 Å². The molecule has 0 aliphatic heterocycles. The first-order valence-corrected chi connectivity index (χ1v) is 9.98. The molecule has 2 aromatic carbocycles. The summed E-state index contributed by atoms with van der Waals surface area (Å²) in [5.74, 6) is 0. The van der Waals surface area contributed by atoms with Crippen LogP contribution in [0, 0.1) is 20.2 Å². The number of aromatic nitrogens is 2. The summed E-state index contributed by atoms with van der Waals surface area (Å²) in [6, 6.07) is 15.1. The molecule has 2 N–H and O–H groups in total. The van der Waals surface area contributed by atoms with E-state index in [4.69, 9.17) is 0 Å². The molecule has 2 atom stereocenters. The van der Waals surface area contributed by atoms with Crippen LogP contribution in [0.1, 0.15) is 21.6 Å². The Morgan fingerprint density at radius 1 is 0.759 bits per heavy atom. The first kappa shape index (κ1) is 19.0. The first-order valence-electron chi connectivity index (χ1n) is 9.04. The molecular weight excluding hydrogens is 392 g/mol. The number of aromatic amines is 2. The van der Waals surface area contributed by atoms with Gasteiger partial charge in [0.25, 0.3) is 0 Å². The van der Waals surface area contributed by atoms with Crippen LogP contribution in [-0.4, -0.2) is 32.9 Å². The standard InChI is InChI=1S/C20H18N4O4S/c25-23(26)11-19(15-9-21-17-7-3-1-5-13(15)17)29-20(12-24(27)28)16-10-22-18-8-4-2-6-14(16)18/h1-10,19-22H,11-12H2. The average Bonchev–Trinajstić information content (AvgIpc) is 3.30.